The van der Waals surface area contributed by atoms with Gasteiger partial charge >= 0.3 is 6.18 Å². The lowest BCUT2D eigenvalue weighted by Crippen LogP contribution is -2.20. The molecule has 0 aliphatic rings. The normalized spacial score (nSPS) is 12.5. The second-order valence-corrected chi connectivity index (χ2v) is 5.14. The number of nitrogens with two attached hydrogens (primary N) is 1. The Morgan fingerprint density at radius 3 is 2.71 bits per heavy atom. The lowest BCUT2D eigenvalue weighted by molar-refractivity contribution is -0.139. The quantitative estimate of drug-likeness (QED) is 0.818. The SMILES string of the molecule is Cc1ccc(OCCC(F)(F)F)c(C(SC#N)C(N)=O)c1. The maximum Gasteiger partial charge on any atom is 0.392 e. The van der Waals surface area contributed by atoms with Crippen LogP contribution in [-0.4, -0.2) is 18.7 Å². The van der Waals surface area contributed by atoms with E-state index in [0.29, 0.717) is 17.3 Å². The van der Waals surface area contributed by atoms with Crippen LogP contribution in [0, 0.1) is 17.6 Å². The van der Waals surface area contributed by atoms with Crippen LogP contribution in [0.5, 0.6) is 5.75 Å². The van der Waals surface area contributed by atoms with Gasteiger partial charge in [-0.3, -0.25) is 4.79 Å². The van der Waals surface area contributed by atoms with Gasteiger partial charge in [0.25, 0.3) is 0 Å². The molecule has 1 unspecified atom stereocenters. The van der Waals surface area contributed by atoms with Crippen LogP contribution >= 0.6 is 11.8 Å². The van der Waals surface area contributed by atoms with E-state index in [0.717, 1.165) is 5.56 Å². The smallest absolute Gasteiger partial charge is 0.392 e. The Labute approximate surface area is 124 Å². The maximum absolute atomic E-state index is 12.1. The Morgan fingerprint density at radius 1 is 1.52 bits per heavy atom. The molecule has 1 amide bonds. The van der Waals surface area contributed by atoms with Gasteiger partial charge in [0.2, 0.25) is 5.91 Å². The van der Waals surface area contributed by atoms with Gasteiger partial charge in [0.05, 0.1) is 13.0 Å². The highest BCUT2D eigenvalue weighted by atomic mass is 32.2. The van der Waals surface area contributed by atoms with Gasteiger partial charge in [-0.1, -0.05) is 17.7 Å². The largest absolute Gasteiger partial charge is 0.493 e. The Bertz CT molecular complexity index is 555. The van der Waals surface area contributed by atoms with Crippen LogP contribution in [0.3, 0.4) is 0 Å². The van der Waals surface area contributed by atoms with Crippen LogP contribution in [0.4, 0.5) is 13.2 Å². The van der Waals surface area contributed by atoms with Gasteiger partial charge in [0.1, 0.15) is 16.4 Å². The second-order valence-electron chi connectivity index (χ2n) is 4.25. The number of rotatable bonds is 6. The van der Waals surface area contributed by atoms with Crippen molar-refractivity contribution in [3.8, 4) is 11.2 Å². The monoisotopic (exact) mass is 318 g/mol. The summed E-state index contributed by atoms with van der Waals surface area (Å²) in [6.45, 7) is 1.18. The molecule has 2 N–H and O–H groups in total. The number of amides is 1. The minimum absolute atomic E-state index is 0.122. The molecule has 1 aromatic carbocycles. The topological polar surface area (TPSA) is 76.1 Å². The molecule has 0 aliphatic carbocycles. The highest BCUT2D eigenvalue weighted by molar-refractivity contribution is 8.04. The van der Waals surface area contributed by atoms with E-state index in [-0.39, 0.29) is 5.75 Å². The minimum atomic E-state index is -4.32. The third kappa shape index (κ3) is 5.55. The maximum atomic E-state index is 12.1. The zero-order valence-electron chi connectivity index (χ0n) is 11.1. The first-order valence-corrected chi connectivity index (χ1v) is 6.76. The van der Waals surface area contributed by atoms with E-state index in [2.05, 4.69) is 0 Å². The van der Waals surface area contributed by atoms with E-state index < -0.39 is 30.4 Å². The van der Waals surface area contributed by atoms with Crippen LogP contribution < -0.4 is 10.5 Å². The molecular formula is C13H13F3N2O2S. The molecule has 0 aliphatic heterocycles. The van der Waals surface area contributed by atoms with Gasteiger partial charge in [0.15, 0.2) is 0 Å². The number of primary amides is 1. The Kier molecular flexibility index (Phi) is 5.90. The standard InChI is InChI=1S/C13H13F3N2O2S/c1-8-2-3-10(20-5-4-13(14,15)16)9(6-8)11(12(18)19)21-7-17/h2-3,6,11H,4-5H2,1H3,(H2,18,19). The molecule has 0 saturated heterocycles. The number of thiocyanates is 1. The summed E-state index contributed by atoms with van der Waals surface area (Å²) < 4.78 is 41.5. The first-order chi connectivity index (χ1) is 9.74. The van der Waals surface area contributed by atoms with E-state index in [4.69, 9.17) is 15.7 Å². The third-order valence-corrected chi connectivity index (χ3v) is 3.35. The van der Waals surface area contributed by atoms with E-state index in [9.17, 15) is 18.0 Å². The molecule has 0 saturated carbocycles. The average Bonchev–Trinajstić information content (AvgIpc) is 2.36. The number of ether oxygens (including phenoxy) is 1. The fourth-order valence-electron chi connectivity index (χ4n) is 1.61. The van der Waals surface area contributed by atoms with Crippen LogP contribution in [-0.2, 0) is 4.79 Å². The Hall–Kier alpha value is -1.88. The zero-order valence-corrected chi connectivity index (χ0v) is 11.9. The van der Waals surface area contributed by atoms with Crippen molar-refractivity contribution in [2.45, 2.75) is 24.8 Å². The van der Waals surface area contributed by atoms with Crippen LogP contribution in [0.25, 0.3) is 0 Å². The van der Waals surface area contributed by atoms with Crippen LogP contribution in [0.15, 0.2) is 18.2 Å². The number of halogens is 3. The molecule has 0 aromatic heterocycles. The molecule has 0 spiro atoms. The summed E-state index contributed by atoms with van der Waals surface area (Å²) >= 11 is 0.628. The summed E-state index contributed by atoms with van der Waals surface area (Å²) in [5, 5.41) is 9.47. The van der Waals surface area contributed by atoms with Crippen LogP contribution in [0.2, 0.25) is 0 Å². The highest BCUT2D eigenvalue weighted by Gasteiger charge is 2.28. The van der Waals surface area contributed by atoms with Crippen molar-refractivity contribution in [1.29, 1.82) is 5.26 Å². The lowest BCUT2D eigenvalue weighted by Gasteiger charge is -2.16. The van der Waals surface area contributed by atoms with Crippen molar-refractivity contribution in [3.63, 3.8) is 0 Å². The van der Waals surface area contributed by atoms with E-state index in [1.807, 2.05) is 0 Å². The number of carbonyl (C=O) groups is 1. The molecule has 0 heterocycles. The van der Waals surface area contributed by atoms with Crippen molar-refractivity contribution in [2.75, 3.05) is 6.61 Å². The number of nitrogens with zero attached hydrogens (tertiary/aromatic N) is 1. The number of hydrogen-bond donors (Lipinski definition) is 1. The Balaban J connectivity index is 2.99. The highest BCUT2D eigenvalue weighted by Crippen LogP contribution is 2.35. The summed E-state index contributed by atoms with van der Waals surface area (Å²) in [4.78, 5) is 11.4. The number of nitriles is 1. The molecule has 0 radical (unpaired) electrons. The molecule has 21 heavy (non-hydrogen) atoms. The fraction of sp³-hybridized carbons (Fsp3) is 0.385. The zero-order chi connectivity index (χ0) is 16.0. The van der Waals surface area contributed by atoms with Crippen molar-refractivity contribution in [2.24, 2.45) is 5.73 Å². The molecule has 1 aromatic rings. The predicted molar refractivity (Wildman–Crippen MR) is 72.5 cm³/mol. The summed E-state index contributed by atoms with van der Waals surface area (Å²) in [5.74, 6) is -0.635. The van der Waals surface area contributed by atoms with Gasteiger partial charge in [0, 0.05) is 5.56 Å². The summed E-state index contributed by atoms with van der Waals surface area (Å²) in [6, 6.07) is 4.68. The molecule has 0 fully saturated rings. The van der Waals surface area contributed by atoms with Gasteiger partial charge in [-0.05, 0) is 24.8 Å². The lowest BCUT2D eigenvalue weighted by atomic mass is 10.1. The van der Waals surface area contributed by atoms with E-state index >= 15 is 0 Å². The molecule has 114 valence electrons. The number of thioether (sulfide) groups is 1. The van der Waals surface area contributed by atoms with E-state index in [1.165, 1.54) is 6.07 Å². The van der Waals surface area contributed by atoms with Gasteiger partial charge < -0.3 is 10.5 Å². The van der Waals surface area contributed by atoms with Crippen molar-refractivity contribution in [3.05, 3.63) is 29.3 Å². The Morgan fingerprint density at radius 2 is 2.19 bits per heavy atom. The molecule has 0 bridgehead atoms. The predicted octanol–water partition coefficient (Wildman–Crippen LogP) is 3.07. The van der Waals surface area contributed by atoms with Crippen LogP contribution in [0.1, 0.15) is 22.8 Å². The molecule has 4 nitrogen and oxygen atoms in total. The minimum Gasteiger partial charge on any atom is -0.493 e. The number of aryl methyl sites for hydroxylation is 1. The summed E-state index contributed by atoms with van der Waals surface area (Å²) in [5.41, 5.74) is 6.30. The van der Waals surface area contributed by atoms with Crippen molar-refractivity contribution >= 4 is 17.7 Å². The van der Waals surface area contributed by atoms with E-state index in [1.54, 1.807) is 24.5 Å². The summed E-state index contributed by atoms with van der Waals surface area (Å²) in [6.07, 6.45) is -5.43. The number of hydrogen-bond acceptors (Lipinski definition) is 4. The van der Waals surface area contributed by atoms with Gasteiger partial charge in [-0.15, -0.1) is 0 Å². The average molecular weight is 318 g/mol. The third-order valence-electron chi connectivity index (χ3n) is 2.52. The molecular weight excluding hydrogens is 305 g/mol. The van der Waals surface area contributed by atoms with Crippen molar-refractivity contribution in [1.82, 2.24) is 0 Å². The summed E-state index contributed by atoms with van der Waals surface area (Å²) in [7, 11) is 0. The molecule has 1 rings (SSSR count). The first kappa shape index (κ1) is 17.2. The second kappa shape index (κ2) is 7.22. The van der Waals surface area contributed by atoms with Gasteiger partial charge in [-0.2, -0.15) is 18.4 Å². The molecule has 1 atom stereocenters. The number of alkyl halides is 3. The molecule has 8 heteroatoms. The van der Waals surface area contributed by atoms with Crippen molar-refractivity contribution < 1.29 is 22.7 Å². The van der Waals surface area contributed by atoms with Gasteiger partial charge in [-0.25, -0.2) is 0 Å². The first-order valence-electron chi connectivity index (χ1n) is 5.88. The number of benzene rings is 1. The number of carbonyl (C=O) groups excluding carboxylic acids is 1. The fourth-order valence-corrected chi connectivity index (χ4v) is 2.14.